The summed E-state index contributed by atoms with van der Waals surface area (Å²) in [4.78, 5) is 11.8. The van der Waals surface area contributed by atoms with E-state index in [-0.39, 0.29) is 12.5 Å². The van der Waals surface area contributed by atoms with Crippen molar-refractivity contribution in [3.05, 3.63) is 57.5 Å². The minimum absolute atomic E-state index is 0.117. The molecule has 0 saturated heterocycles. The van der Waals surface area contributed by atoms with Gasteiger partial charge in [-0.2, -0.15) is 5.26 Å². The van der Waals surface area contributed by atoms with Gasteiger partial charge in [-0.3, -0.25) is 4.79 Å². The fraction of sp³-hybridized carbons (Fsp3) is 0.0667. The van der Waals surface area contributed by atoms with Gasteiger partial charge in [0, 0.05) is 10.2 Å². The first-order valence-corrected chi connectivity index (χ1v) is 7.13. The predicted octanol–water partition coefficient (Wildman–Crippen LogP) is 3.99. The summed E-state index contributed by atoms with van der Waals surface area (Å²) in [6.07, 6.45) is 0. The highest BCUT2D eigenvalue weighted by atomic mass is 79.9. The van der Waals surface area contributed by atoms with Crippen molar-refractivity contribution in [2.24, 2.45) is 0 Å². The van der Waals surface area contributed by atoms with Crippen molar-refractivity contribution in [3.8, 4) is 11.8 Å². The second-order valence-electron chi connectivity index (χ2n) is 4.10. The Morgan fingerprint density at radius 2 is 2.14 bits per heavy atom. The van der Waals surface area contributed by atoms with Crippen LogP contribution in [0.4, 0.5) is 5.69 Å². The van der Waals surface area contributed by atoms with E-state index in [0.29, 0.717) is 22.0 Å². The van der Waals surface area contributed by atoms with Crippen LogP contribution in [0.25, 0.3) is 0 Å². The number of nitrogens with one attached hydrogen (secondary N) is 1. The summed E-state index contributed by atoms with van der Waals surface area (Å²) in [5.74, 6) is 0.285. The fourth-order valence-electron chi connectivity index (χ4n) is 1.59. The molecular formula is C15H10BrClN2O2. The SMILES string of the molecule is N#Cc1ccc(NC(=O)COc2cccc(Br)c2)cc1Cl. The van der Waals surface area contributed by atoms with Gasteiger partial charge in [0.05, 0.1) is 10.6 Å². The molecule has 2 rings (SSSR count). The molecule has 0 unspecified atom stereocenters. The first-order valence-electron chi connectivity index (χ1n) is 5.96. The maximum Gasteiger partial charge on any atom is 0.262 e. The van der Waals surface area contributed by atoms with Crippen molar-refractivity contribution in [1.29, 1.82) is 5.26 Å². The highest BCUT2D eigenvalue weighted by Gasteiger charge is 2.06. The summed E-state index contributed by atoms with van der Waals surface area (Å²) in [7, 11) is 0. The van der Waals surface area contributed by atoms with Crippen LogP contribution in [-0.4, -0.2) is 12.5 Å². The summed E-state index contributed by atoms with van der Waals surface area (Å²) in [6.45, 7) is -0.117. The Kier molecular flexibility index (Phi) is 5.20. The number of nitrogens with zero attached hydrogens (tertiary/aromatic N) is 1. The number of hydrogen-bond donors (Lipinski definition) is 1. The number of anilines is 1. The van der Waals surface area contributed by atoms with E-state index < -0.39 is 0 Å². The average Bonchev–Trinajstić information content (AvgIpc) is 2.45. The Balaban J connectivity index is 1.93. The molecule has 0 fully saturated rings. The van der Waals surface area contributed by atoms with Gasteiger partial charge in [-0.25, -0.2) is 0 Å². The molecule has 0 aliphatic rings. The number of benzene rings is 2. The van der Waals surface area contributed by atoms with Gasteiger partial charge in [0.1, 0.15) is 11.8 Å². The number of nitriles is 1. The molecule has 0 atom stereocenters. The van der Waals surface area contributed by atoms with E-state index in [4.69, 9.17) is 21.6 Å². The van der Waals surface area contributed by atoms with Crippen molar-refractivity contribution < 1.29 is 9.53 Å². The average molecular weight is 366 g/mol. The molecule has 1 N–H and O–H groups in total. The highest BCUT2D eigenvalue weighted by molar-refractivity contribution is 9.10. The lowest BCUT2D eigenvalue weighted by atomic mass is 10.2. The van der Waals surface area contributed by atoms with Crippen molar-refractivity contribution in [1.82, 2.24) is 0 Å². The van der Waals surface area contributed by atoms with Crippen LogP contribution in [0.15, 0.2) is 46.9 Å². The third-order valence-electron chi connectivity index (χ3n) is 2.54. The van der Waals surface area contributed by atoms with Gasteiger partial charge in [-0.1, -0.05) is 33.6 Å². The molecule has 0 heterocycles. The Hall–Kier alpha value is -2.03. The van der Waals surface area contributed by atoms with E-state index in [2.05, 4.69) is 21.2 Å². The normalized spacial score (nSPS) is 9.76. The first-order chi connectivity index (χ1) is 10.1. The van der Waals surface area contributed by atoms with Gasteiger partial charge in [0.25, 0.3) is 5.91 Å². The standard InChI is InChI=1S/C15H10BrClN2O2/c16-11-2-1-3-13(6-11)21-9-15(20)19-12-5-4-10(8-18)14(17)7-12/h1-7H,9H2,(H,19,20). The summed E-state index contributed by atoms with van der Waals surface area (Å²) >= 11 is 9.22. The number of hydrogen-bond acceptors (Lipinski definition) is 3. The van der Waals surface area contributed by atoms with E-state index in [1.54, 1.807) is 24.3 Å². The fourth-order valence-corrected chi connectivity index (χ4v) is 2.19. The van der Waals surface area contributed by atoms with Crippen LogP contribution in [0.1, 0.15) is 5.56 Å². The van der Waals surface area contributed by atoms with E-state index in [1.165, 1.54) is 6.07 Å². The Morgan fingerprint density at radius 1 is 1.33 bits per heavy atom. The van der Waals surface area contributed by atoms with Gasteiger partial charge < -0.3 is 10.1 Å². The molecule has 21 heavy (non-hydrogen) atoms. The van der Waals surface area contributed by atoms with Gasteiger partial charge in [-0.15, -0.1) is 0 Å². The first kappa shape index (κ1) is 15.4. The van der Waals surface area contributed by atoms with E-state index in [1.807, 2.05) is 18.2 Å². The third-order valence-corrected chi connectivity index (χ3v) is 3.35. The van der Waals surface area contributed by atoms with Crippen molar-refractivity contribution in [2.75, 3.05) is 11.9 Å². The van der Waals surface area contributed by atoms with E-state index in [9.17, 15) is 4.79 Å². The van der Waals surface area contributed by atoms with Gasteiger partial charge in [0.15, 0.2) is 6.61 Å². The zero-order valence-corrected chi connectivity index (χ0v) is 13.1. The predicted molar refractivity (Wildman–Crippen MR) is 84.4 cm³/mol. The Morgan fingerprint density at radius 3 is 2.81 bits per heavy atom. The third kappa shape index (κ3) is 4.48. The summed E-state index contributed by atoms with van der Waals surface area (Å²) < 4.78 is 6.24. The minimum Gasteiger partial charge on any atom is -0.484 e. The number of rotatable bonds is 4. The Bertz CT molecular complexity index is 713. The molecule has 2 aromatic carbocycles. The lowest BCUT2D eigenvalue weighted by Crippen LogP contribution is -2.20. The van der Waals surface area contributed by atoms with Crippen LogP contribution in [0.2, 0.25) is 5.02 Å². The van der Waals surface area contributed by atoms with E-state index >= 15 is 0 Å². The topological polar surface area (TPSA) is 62.1 Å². The number of halogens is 2. The molecule has 0 bridgehead atoms. The largest absolute Gasteiger partial charge is 0.484 e. The van der Waals surface area contributed by atoms with Gasteiger partial charge in [-0.05, 0) is 36.4 Å². The maximum atomic E-state index is 11.8. The summed E-state index contributed by atoms with van der Waals surface area (Å²) in [5.41, 5.74) is 0.877. The van der Waals surface area contributed by atoms with Crippen molar-refractivity contribution in [2.45, 2.75) is 0 Å². The van der Waals surface area contributed by atoms with Crippen molar-refractivity contribution >= 4 is 39.1 Å². The molecule has 0 aromatic heterocycles. The summed E-state index contributed by atoms with van der Waals surface area (Å²) in [5, 5.41) is 11.7. The monoisotopic (exact) mass is 364 g/mol. The second kappa shape index (κ2) is 7.11. The lowest BCUT2D eigenvalue weighted by Gasteiger charge is -2.08. The quantitative estimate of drug-likeness (QED) is 0.891. The molecule has 2 aromatic rings. The number of ether oxygens (including phenoxy) is 1. The van der Waals surface area contributed by atoms with E-state index in [0.717, 1.165) is 4.47 Å². The Labute approximate surface area is 135 Å². The zero-order chi connectivity index (χ0) is 15.2. The number of carbonyl (C=O) groups is 1. The number of carbonyl (C=O) groups excluding carboxylic acids is 1. The molecule has 0 spiro atoms. The maximum absolute atomic E-state index is 11.8. The van der Waals surface area contributed by atoms with Crippen LogP contribution in [-0.2, 0) is 4.79 Å². The lowest BCUT2D eigenvalue weighted by molar-refractivity contribution is -0.118. The molecule has 1 amide bonds. The number of amides is 1. The summed E-state index contributed by atoms with van der Waals surface area (Å²) in [6, 6.07) is 13.9. The van der Waals surface area contributed by atoms with Crippen LogP contribution in [0.5, 0.6) is 5.75 Å². The molecule has 0 radical (unpaired) electrons. The van der Waals surface area contributed by atoms with Gasteiger partial charge in [0.2, 0.25) is 0 Å². The van der Waals surface area contributed by atoms with Crippen LogP contribution >= 0.6 is 27.5 Å². The zero-order valence-electron chi connectivity index (χ0n) is 10.8. The van der Waals surface area contributed by atoms with Gasteiger partial charge >= 0.3 is 0 Å². The van der Waals surface area contributed by atoms with Crippen molar-refractivity contribution in [3.63, 3.8) is 0 Å². The highest BCUT2D eigenvalue weighted by Crippen LogP contribution is 2.20. The van der Waals surface area contributed by atoms with Crippen LogP contribution in [0.3, 0.4) is 0 Å². The molecule has 106 valence electrons. The molecule has 0 saturated carbocycles. The molecular weight excluding hydrogens is 356 g/mol. The second-order valence-corrected chi connectivity index (χ2v) is 5.42. The molecule has 6 heteroatoms. The van der Waals surface area contributed by atoms with Crippen LogP contribution in [0, 0.1) is 11.3 Å². The van der Waals surface area contributed by atoms with Crippen LogP contribution < -0.4 is 10.1 Å². The smallest absolute Gasteiger partial charge is 0.262 e. The molecule has 0 aliphatic carbocycles. The minimum atomic E-state index is -0.309. The molecule has 0 aliphatic heterocycles. The molecule has 4 nitrogen and oxygen atoms in total.